The molecule has 1 unspecified atom stereocenters. The predicted molar refractivity (Wildman–Crippen MR) is 82.6 cm³/mol. The Morgan fingerprint density at radius 3 is 2.41 bits per heavy atom. The fourth-order valence-corrected chi connectivity index (χ4v) is 2.20. The van der Waals surface area contributed by atoms with Gasteiger partial charge >= 0.3 is 5.97 Å². The highest BCUT2D eigenvalue weighted by molar-refractivity contribution is 5.83. The van der Waals surface area contributed by atoms with Gasteiger partial charge in [-0.05, 0) is 38.5 Å². The fraction of sp³-hybridized carbons (Fsp3) is 0.688. The number of rotatable bonds is 7. The summed E-state index contributed by atoms with van der Waals surface area (Å²) >= 11 is 0. The van der Waals surface area contributed by atoms with Crippen molar-refractivity contribution in [3.05, 3.63) is 17.0 Å². The van der Waals surface area contributed by atoms with Crippen LogP contribution in [-0.4, -0.2) is 28.2 Å². The molecule has 0 aromatic carbocycles. The van der Waals surface area contributed by atoms with E-state index in [-0.39, 0.29) is 17.7 Å². The van der Waals surface area contributed by atoms with E-state index in [0.29, 0.717) is 18.6 Å². The van der Waals surface area contributed by atoms with Crippen LogP contribution in [0.25, 0.3) is 0 Å². The second-order valence-corrected chi connectivity index (χ2v) is 6.86. The lowest BCUT2D eigenvalue weighted by atomic mass is 9.88. The fourth-order valence-electron chi connectivity index (χ4n) is 2.20. The van der Waals surface area contributed by atoms with E-state index in [9.17, 15) is 14.7 Å². The Morgan fingerprint density at radius 1 is 1.32 bits per heavy atom. The van der Waals surface area contributed by atoms with E-state index in [1.807, 2.05) is 27.7 Å². The minimum Gasteiger partial charge on any atom is -0.480 e. The maximum Gasteiger partial charge on any atom is 0.326 e. The third kappa shape index (κ3) is 5.87. The number of amides is 1. The Hall–Kier alpha value is -1.85. The number of aromatic nitrogens is 1. The first-order valence-electron chi connectivity index (χ1n) is 7.54. The van der Waals surface area contributed by atoms with Gasteiger partial charge < -0.3 is 14.9 Å². The van der Waals surface area contributed by atoms with E-state index in [1.165, 1.54) is 0 Å². The van der Waals surface area contributed by atoms with Crippen LogP contribution in [0.4, 0.5) is 0 Å². The van der Waals surface area contributed by atoms with E-state index in [0.717, 1.165) is 17.7 Å². The molecule has 0 spiro atoms. The van der Waals surface area contributed by atoms with Gasteiger partial charge in [-0.1, -0.05) is 25.9 Å². The van der Waals surface area contributed by atoms with Crippen LogP contribution in [0.2, 0.25) is 0 Å². The molecule has 0 saturated heterocycles. The van der Waals surface area contributed by atoms with E-state index in [1.54, 1.807) is 6.92 Å². The van der Waals surface area contributed by atoms with Crippen molar-refractivity contribution in [2.24, 2.45) is 5.41 Å². The zero-order chi connectivity index (χ0) is 16.9. The SMILES string of the molecule is Cc1noc(C)c1CCC(=O)NC(CCC(C)(C)C)C(=O)O. The summed E-state index contributed by atoms with van der Waals surface area (Å²) in [4.78, 5) is 23.2. The molecular formula is C16H26N2O4. The van der Waals surface area contributed by atoms with E-state index < -0.39 is 12.0 Å². The van der Waals surface area contributed by atoms with Crippen LogP contribution < -0.4 is 5.32 Å². The average molecular weight is 310 g/mol. The molecule has 0 aliphatic rings. The summed E-state index contributed by atoms with van der Waals surface area (Å²) in [6.07, 6.45) is 1.88. The van der Waals surface area contributed by atoms with Gasteiger partial charge in [-0.25, -0.2) is 4.79 Å². The lowest BCUT2D eigenvalue weighted by Gasteiger charge is -2.21. The molecule has 1 atom stereocenters. The number of hydrogen-bond acceptors (Lipinski definition) is 4. The predicted octanol–water partition coefficient (Wildman–Crippen LogP) is 2.62. The number of hydrogen-bond donors (Lipinski definition) is 2. The summed E-state index contributed by atoms with van der Waals surface area (Å²) in [5.41, 5.74) is 1.72. The first-order chi connectivity index (χ1) is 10.1. The summed E-state index contributed by atoms with van der Waals surface area (Å²) in [6.45, 7) is 9.77. The molecule has 6 nitrogen and oxygen atoms in total. The Kier molecular flexibility index (Phi) is 6.14. The molecule has 0 fully saturated rings. The molecule has 1 heterocycles. The number of carboxylic acids is 1. The molecule has 1 rings (SSSR count). The highest BCUT2D eigenvalue weighted by Gasteiger charge is 2.23. The van der Waals surface area contributed by atoms with Gasteiger partial charge in [0, 0.05) is 12.0 Å². The second kappa shape index (κ2) is 7.42. The Labute approximate surface area is 131 Å². The molecule has 22 heavy (non-hydrogen) atoms. The number of aliphatic carboxylic acids is 1. The van der Waals surface area contributed by atoms with Crippen LogP contribution in [-0.2, 0) is 16.0 Å². The third-order valence-electron chi connectivity index (χ3n) is 3.60. The van der Waals surface area contributed by atoms with Gasteiger partial charge in [0.25, 0.3) is 0 Å². The van der Waals surface area contributed by atoms with Crippen LogP contribution in [0.3, 0.4) is 0 Å². The van der Waals surface area contributed by atoms with Crippen molar-refractivity contribution in [1.82, 2.24) is 10.5 Å². The smallest absolute Gasteiger partial charge is 0.326 e. The lowest BCUT2D eigenvalue weighted by Crippen LogP contribution is -2.41. The normalized spacial score (nSPS) is 13.0. The molecular weight excluding hydrogens is 284 g/mol. The Balaban J connectivity index is 2.52. The zero-order valence-corrected chi connectivity index (χ0v) is 14.0. The van der Waals surface area contributed by atoms with Gasteiger partial charge in [0.15, 0.2) is 0 Å². The molecule has 124 valence electrons. The molecule has 2 N–H and O–H groups in total. The molecule has 1 aromatic heterocycles. The van der Waals surface area contributed by atoms with Gasteiger partial charge in [-0.2, -0.15) is 0 Å². The first kappa shape index (κ1) is 18.2. The molecule has 1 amide bonds. The number of carboxylic acid groups (broad SMARTS) is 1. The summed E-state index contributed by atoms with van der Waals surface area (Å²) in [6, 6.07) is -0.837. The topological polar surface area (TPSA) is 92.4 Å². The zero-order valence-electron chi connectivity index (χ0n) is 14.0. The van der Waals surface area contributed by atoms with E-state index in [2.05, 4.69) is 10.5 Å². The van der Waals surface area contributed by atoms with Crippen LogP contribution in [0.15, 0.2) is 4.52 Å². The van der Waals surface area contributed by atoms with Crippen molar-refractivity contribution in [2.75, 3.05) is 0 Å². The Bertz CT molecular complexity index is 509. The van der Waals surface area contributed by atoms with Crippen molar-refractivity contribution in [3.8, 4) is 0 Å². The molecule has 1 aromatic rings. The minimum atomic E-state index is -0.991. The Morgan fingerprint density at radius 2 is 1.95 bits per heavy atom. The van der Waals surface area contributed by atoms with Crippen molar-refractivity contribution < 1.29 is 19.2 Å². The standard InChI is InChI=1S/C16H26N2O4/c1-10-12(11(2)22-18-10)6-7-14(19)17-13(15(20)21)8-9-16(3,4)5/h13H,6-9H2,1-5H3,(H,17,19)(H,20,21). The quantitative estimate of drug-likeness (QED) is 0.807. The van der Waals surface area contributed by atoms with E-state index in [4.69, 9.17) is 4.52 Å². The molecule has 0 saturated carbocycles. The lowest BCUT2D eigenvalue weighted by molar-refractivity contribution is -0.142. The van der Waals surface area contributed by atoms with E-state index >= 15 is 0 Å². The van der Waals surface area contributed by atoms with Crippen molar-refractivity contribution in [3.63, 3.8) is 0 Å². The average Bonchev–Trinajstić information content (AvgIpc) is 2.70. The van der Waals surface area contributed by atoms with Crippen molar-refractivity contribution >= 4 is 11.9 Å². The molecule has 6 heteroatoms. The van der Waals surface area contributed by atoms with Gasteiger partial charge in [0.05, 0.1) is 5.69 Å². The maximum atomic E-state index is 12.0. The third-order valence-corrected chi connectivity index (χ3v) is 3.60. The summed E-state index contributed by atoms with van der Waals surface area (Å²) in [5, 5.41) is 15.7. The monoisotopic (exact) mass is 310 g/mol. The van der Waals surface area contributed by atoms with Gasteiger partial charge in [-0.3, -0.25) is 4.79 Å². The summed E-state index contributed by atoms with van der Waals surface area (Å²) < 4.78 is 5.05. The number of nitrogens with zero attached hydrogens (tertiary/aromatic N) is 1. The number of aryl methyl sites for hydroxylation is 2. The van der Waals surface area contributed by atoms with Crippen LogP contribution in [0.5, 0.6) is 0 Å². The number of carbonyl (C=O) groups is 2. The number of nitrogens with one attached hydrogen (secondary N) is 1. The number of carbonyl (C=O) groups excluding carboxylic acids is 1. The molecule has 0 aliphatic carbocycles. The summed E-state index contributed by atoms with van der Waals surface area (Å²) in [5.74, 6) is -0.552. The highest BCUT2D eigenvalue weighted by atomic mass is 16.5. The maximum absolute atomic E-state index is 12.0. The van der Waals surface area contributed by atoms with Crippen molar-refractivity contribution in [2.45, 2.75) is 66.3 Å². The molecule has 0 radical (unpaired) electrons. The summed E-state index contributed by atoms with van der Waals surface area (Å²) in [7, 11) is 0. The van der Waals surface area contributed by atoms with Crippen molar-refractivity contribution in [1.29, 1.82) is 0 Å². The first-order valence-corrected chi connectivity index (χ1v) is 7.54. The van der Waals surface area contributed by atoms with Gasteiger partial charge in [0.1, 0.15) is 11.8 Å². The van der Waals surface area contributed by atoms with Gasteiger partial charge in [-0.15, -0.1) is 0 Å². The molecule has 0 bridgehead atoms. The van der Waals surface area contributed by atoms with Gasteiger partial charge in [0.2, 0.25) is 5.91 Å². The van der Waals surface area contributed by atoms with Crippen LogP contribution >= 0.6 is 0 Å². The largest absolute Gasteiger partial charge is 0.480 e. The highest BCUT2D eigenvalue weighted by Crippen LogP contribution is 2.21. The minimum absolute atomic E-state index is 0.0368. The molecule has 0 aliphatic heterocycles. The van der Waals surface area contributed by atoms with Crippen LogP contribution in [0.1, 0.15) is 57.1 Å². The van der Waals surface area contributed by atoms with Crippen LogP contribution in [0, 0.1) is 19.3 Å². The second-order valence-electron chi connectivity index (χ2n) is 6.86.